The molecule has 0 aliphatic carbocycles. The summed E-state index contributed by atoms with van der Waals surface area (Å²) >= 11 is 3.82. The number of rotatable bonds is 5. The van der Waals surface area contributed by atoms with Crippen LogP contribution in [0.25, 0.3) is 0 Å². The van der Waals surface area contributed by atoms with Crippen LogP contribution in [0.5, 0.6) is 0 Å². The summed E-state index contributed by atoms with van der Waals surface area (Å²) in [4.78, 5) is 12.8. The average Bonchev–Trinajstić information content (AvgIpc) is 2.46. The molecule has 0 radical (unpaired) electrons. The molecule has 0 spiro atoms. The fourth-order valence-corrected chi connectivity index (χ4v) is 5.66. The normalized spacial score (nSPS) is 23.0. The van der Waals surface area contributed by atoms with Crippen molar-refractivity contribution in [2.45, 2.75) is 44.1 Å². The molecular formula is C17H24OS2. The molecule has 0 bridgehead atoms. The second-order valence-electron chi connectivity index (χ2n) is 5.77. The van der Waals surface area contributed by atoms with Crippen molar-refractivity contribution in [1.82, 2.24) is 0 Å². The van der Waals surface area contributed by atoms with Gasteiger partial charge in [-0.1, -0.05) is 39.0 Å². The molecule has 2 unspecified atom stereocenters. The Morgan fingerprint density at radius 2 is 2.05 bits per heavy atom. The lowest BCUT2D eigenvalue weighted by molar-refractivity contribution is 0.0988. The Morgan fingerprint density at radius 1 is 1.30 bits per heavy atom. The van der Waals surface area contributed by atoms with Crippen LogP contribution in [0, 0.1) is 5.92 Å². The van der Waals surface area contributed by atoms with Gasteiger partial charge >= 0.3 is 0 Å². The number of carbonyl (C=O) groups excluding carboxylic acids is 1. The first kappa shape index (κ1) is 16.0. The maximum Gasteiger partial charge on any atom is 0.176 e. The van der Waals surface area contributed by atoms with Gasteiger partial charge in [0.2, 0.25) is 0 Å². The Balaban J connectivity index is 2.15. The summed E-state index contributed by atoms with van der Waals surface area (Å²) in [6, 6.07) is 8.26. The summed E-state index contributed by atoms with van der Waals surface area (Å²) in [5.41, 5.74) is 2.19. The summed E-state index contributed by atoms with van der Waals surface area (Å²) in [7, 11) is 0. The smallest absolute Gasteiger partial charge is 0.176 e. The number of carbonyl (C=O) groups is 1. The Bertz CT molecular complexity index is 456. The van der Waals surface area contributed by atoms with Gasteiger partial charge in [0.15, 0.2) is 5.78 Å². The minimum atomic E-state index is 0.146. The van der Waals surface area contributed by atoms with Crippen LogP contribution in [0.4, 0.5) is 0 Å². The number of hydrogen-bond donors (Lipinski definition) is 0. The summed E-state index contributed by atoms with van der Waals surface area (Å²) < 4.78 is 0. The van der Waals surface area contributed by atoms with Gasteiger partial charge in [-0.15, -0.1) is 11.8 Å². The molecule has 2 atom stereocenters. The van der Waals surface area contributed by atoms with Crippen LogP contribution < -0.4 is 0 Å². The van der Waals surface area contributed by atoms with E-state index in [9.17, 15) is 4.79 Å². The first-order valence-electron chi connectivity index (χ1n) is 7.48. The molecule has 0 amide bonds. The van der Waals surface area contributed by atoms with Crippen molar-refractivity contribution in [3.63, 3.8) is 0 Å². The lowest BCUT2D eigenvalue weighted by Gasteiger charge is -2.28. The van der Waals surface area contributed by atoms with Gasteiger partial charge in [-0.25, -0.2) is 0 Å². The topological polar surface area (TPSA) is 17.1 Å². The largest absolute Gasteiger partial charge is 0.293 e. The molecule has 1 aromatic carbocycles. The third-order valence-corrected chi connectivity index (χ3v) is 6.81. The molecule has 3 heteroatoms. The van der Waals surface area contributed by atoms with Crippen molar-refractivity contribution in [3.8, 4) is 0 Å². The van der Waals surface area contributed by atoms with Crippen LogP contribution >= 0.6 is 23.5 Å². The highest BCUT2D eigenvalue weighted by atomic mass is 32.2. The molecular weight excluding hydrogens is 284 g/mol. The molecule has 1 fully saturated rings. The highest BCUT2D eigenvalue weighted by molar-refractivity contribution is 8.07. The number of thioether (sulfide) groups is 2. The van der Waals surface area contributed by atoms with Crippen LogP contribution in [0.1, 0.15) is 43.1 Å². The fourth-order valence-electron chi connectivity index (χ4n) is 2.63. The molecule has 2 rings (SSSR count). The monoisotopic (exact) mass is 308 g/mol. The second kappa shape index (κ2) is 7.56. The van der Waals surface area contributed by atoms with Crippen LogP contribution in [-0.2, 0) is 6.42 Å². The van der Waals surface area contributed by atoms with E-state index in [0.717, 1.165) is 24.2 Å². The molecule has 0 aromatic heterocycles. The third kappa shape index (κ3) is 4.05. The zero-order chi connectivity index (χ0) is 14.5. The van der Waals surface area contributed by atoms with Crippen molar-refractivity contribution in [3.05, 3.63) is 35.4 Å². The fraction of sp³-hybridized carbons (Fsp3) is 0.588. The Labute approximate surface area is 131 Å². The van der Waals surface area contributed by atoms with Gasteiger partial charge in [0, 0.05) is 22.3 Å². The number of hydrogen-bond acceptors (Lipinski definition) is 3. The van der Waals surface area contributed by atoms with Gasteiger partial charge in [-0.2, -0.15) is 11.8 Å². The van der Waals surface area contributed by atoms with Crippen molar-refractivity contribution < 1.29 is 4.79 Å². The van der Waals surface area contributed by atoms with Crippen LogP contribution in [0.2, 0.25) is 0 Å². The molecule has 0 N–H and O–H groups in total. The lowest BCUT2D eigenvalue weighted by atomic mass is 9.98. The minimum Gasteiger partial charge on any atom is -0.293 e. The third-order valence-electron chi connectivity index (χ3n) is 3.57. The summed E-state index contributed by atoms with van der Waals surface area (Å²) in [5.74, 6) is 3.24. The van der Waals surface area contributed by atoms with Gasteiger partial charge in [0.05, 0.1) is 5.25 Å². The van der Waals surface area contributed by atoms with Gasteiger partial charge in [-0.05, 0) is 30.4 Å². The molecule has 1 heterocycles. The highest BCUT2D eigenvalue weighted by Crippen LogP contribution is 2.35. The first-order chi connectivity index (χ1) is 9.61. The molecule has 110 valence electrons. The number of benzene rings is 1. The molecule has 1 nitrogen and oxygen atoms in total. The number of ketones is 1. The van der Waals surface area contributed by atoms with Gasteiger partial charge < -0.3 is 0 Å². The maximum atomic E-state index is 12.8. The van der Waals surface area contributed by atoms with Gasteiger partial charge in [0.1, 0.15) is 0 Å². The molecule has 1 aliphatic heterocycles. The Hall–Kier alpha value is -0.410. The SMILES string of the molecule is CCC1SCCSC1C(=O)c1cccc(CC(C)C)c1. The van der Waals surface area contributed by atoms with E-state index in [2.05, 4.69) is 32.9 Å². The standard InChI is InChI=1S/C17H24OS2/c1-4-15-17(20-9-8-19-15)16(18)14-7-5-6-13(11-14)10-12(2)3/h5-7,11-12,15,17H,4,8-10H2,1-3H3. The van der Waals surface area contributed by atoms with Crippen molar-refractivity contribution in [2.24, 2.45) is 5.92 Å². The van der Waals surface area contributed by atoms with Gasteiger partial charge in [0.25, 0.3) is 0 Å². The average molecular weight is 309 g/mol. The van der Waals surface area contributed by atoms with E-state index >= 15 is 0 Å². The van der Waals surface area contributed by atoms with E-state index < -0.39 is 0 Å². The minimum absolute atomic E-state index is 0.146. The zero-order valence-corrected chi connectivity index (χ0v) is 14.2. The predicted octanol–water partition coefficient (Wildman–Crippen LogP) is 4.70. The van der Waals surface area contributed by atoms with E-state index in [1.165, 1.54) is 11.3 Å². The maximum absolute atomic E-state index is 12.8. The molecule has 20 heavy (non-hydrogen) atoms. The summed E-state index contributed by atoms with van der Waals surface area (Å²) in [6.07, 6.45) is 2.13. The first-order valence-corrected chi connectivity index (χ1v) is 9.58. The van der Waals surface area contributed by atoms with Crippen LogP contribution in [0.15, 0.2) is 24.3 Å². The Kier molecular flexibility index (Phi) is 6.03. The van der Waals surface area contributed by atoms with E-state index in [4.69, 9.17) is 0 Å². The van der Waals surface area contributed by atoms with E-state index in [0.29, 0.717) is 17.0 Å². The van der Waals surface area contributed by atoms with E-state index in [-0.39, 0.29) is 5.25 Å². The molecule has 1 aliphatic rings. The van der Waals surface area contributed by atoms with Crippen molar-refractivity contribution in [2.75, 3.05) is 11.5 Å². The summed E-state index contributed by atoms with van der Waals surface area (Å²) in [6.45, 7) is 6.63. The zero-order valence-electron chi connectivity index (χ0n) is 12.6. The molecule has 1 aromatic rings. The number of Topliss-reactive ketones (excluding diaryl/α,β-unsaturated/α-hetero) is 1. The van der Waals surface area contributed by atoms with Crippen LogP contribution in [-0.4, -0.2) is 27.8 Å². The summed E-state index contributed by atoms with van der Waals surface area (Å²) in [5, 5.41) is 0.628. The van der Waals surface area contributed by atoms with Crippen molar-refractivity contribution >= 4 is 29.3 Å². The quantitative estimate of drug-likeness (QED) is 0.734. The molecule has 1 saturated heterocycles. The van der Waals surface area contributed by atoms with Gasteiger partial charge in [-0.3, -0.25) is 4.79 Å². The Morgan fingerprint density at radius 3 is 2.75 bits per heavy atom. The lowest BCUT2D eigenvalue weighted by Crippen LogP contribution is -2.32. The van der Waals surface area contributed by atoms with Crippen LogP contribution in [0.3, 0.4) is 0 Å². The van der Waals surface area contributed by atoms with E-state index in [1.807, 2.05) is 35.7 Å². The highest BCUT2D eigenvalue weighted by Gasteiger charge is 2.31. The van der Waals surface area contributed by atoms with Crippen molar-refractivity contribution in [1.29, 1.82) is 0 Å². The second-order valence-corrected chi connectivity index (χ2v) is 8.37. The predicted molar refractivity (Wildman–Crippen MR) is 92.1 cm³/mol. The van der Waals surface area contributed by atoms with E-state index in [1.54, 1.807) is 0 Å². The molecule has 0 saturated carbocycles.